The fourth-order valence-corrected chi connectivity index (χ4v) is 2.40. The van der Waals surface area contributed by atoms with Crippen molar-refractivity contribution in [2.24, 2.45) is 0 Å². The maximum absolute atomic E-state index is 11.7. The van der Waals surface area contributed by atoms with Crippen molar-refractivity contribution < 1.29 is 9.53 Å². The van der Waals surface area contributed by atoms with E-state index in [0.29, 0.717) is 13.0 Å². The van der Waals surface area contributed by atoms with Gasteiger partial charge < -0.3 is 14.5 Å². The second kappa shape index (κ2) is 9.34. The number of carbonyl (C=O) groups excluding carboxylic acids is 1. The molecule has 0 bridgehead atoms. The molecule has 0 spiro atoms. The van der Waals surface area contributed by atoms with Gasteiger partial charge in [0.05, 0.1) is 13.0 Å². The topological polar surface area (TPSA) is 32.8 Å². The molecule has 4 heteroatoms. The molecule has 1 rings (SSSR count). The molecule has 18 heavy (non-hydrogen) atoms. The van der Waals surface area contributed by atoms with Crippen molar-refractivity contribution in [3.05, 3.63) is 0 Å². The van der Waals surface area contributed by atoms with Gasteiger partial charge in [-0.1, -0.05) is 12.8 Å². The number of carbonyl (C=O) groups is 1. The molecule has 1 heterocycles. The normalized spacial score (nSPS) is 17.4. The van der Waals surface area contributed by atoms with Gasteiger partial charge in [-0.2, -0.15) is 0 Å². The molecule has 1 aliphatic heterocycles. The van der Waals surface area contributed by atoms with Gasteiger partial charge in [0.1, 0.15) is 0 Å². The second-order valence-electron chi connectivity index (χ2n) is 5.17. The molecule has 1 saturated heterocycles. The van der Waals surface area contributed by atoms with Crippen LogP contribution in [0.2, 0.25) is 0 Å². The molecular weight excluding hydrogens is 228 g/mol. The monoisotopic (exact) mass is 256 g/mol. The Morgan fingerprint density at radius 3 is 2.50 bits per heavy atom. The molecule has 0 aromatic heterocycles. The van der Waals surface area contributed by atoms with Crippen molar-refractivity contribution >= 4 is 5.91 Å². The van der Waals surface area contributed by atoms with Crippen LogP contribution in [-0.2, 0) is 9.53 Å². The summed E-state index contributed by atoms with van der Waals surface area (Å²) in [6, 6.07) is 0. The minimum absolute atomic E-state index is 0.188. The molecule has 1 fully saturated rings. The maximum Gasteiger partial charge on any atom is 0.224 e. The molecular formula is C14H28N2O2. The predicted molar refractivity (Wildman–Crippen MR) is 73.7 cm³/mol. The number of ether oxygens (including phenoxy) is 1. The van der Waals surface area contributed by atoms with E-state index in [1.54, 1.807) is 7.11 Å². The van der Waals surface area contributed by atoms with E-state index < -0.39 is 0 Å². The molecule has 0 aromatic rings. The van der Waals surface area contributed by atoms with Crippen LogP contribution in [0.1, 0.15) is 38.5 Å². The third-order valence-electron chi connectivity index (χ3n) is 3.61. The summed E-state index contributed by atoms with van der Waals surface area (Å²) in [4.78, 5) is 16.0. The van der Waals surface area contributed by atoms with Gasteiger partial charge in [0.2, 0.25) is 5.91 Å². The number of methoxy groups -OCH3 is 1. The zero-order valence-corrected chi connectivity index (χ0v) is 12.0. The van der Waals surface area contributed by atoms with Crippen molar-refractivity contribution in [1.29, 1.82) is 0 Å². The zero-order valence-electron chi connectivity index (χ0n) is 12.0. The summed E-state index contributed by atoms with van der Waals surface area (Å²) in [6.07, 6.45) is 7.01. The number of nitrogens with zero attached hydrogens (tertiary/aromatic N) is 2. The Kier molecular flexibility index (Phi) is 8.01. The van der Waals surface area contributed by atoms with Crippen molar-refractivity contribution in [1.82, 2.24) is 9.80 Å². The van der Waals surface area contributed by atoms with E-state index in [0.717, 1.165) is 19.5 Å². The predicted octanol–water partition coefficient (Wildman–Crippen LogP) is 1.75. The highest BCUT2D eigenvalue weighted by Gasteiger charge is 2.11. The van der Waals surface area contributed by atoms with Gasteiger partial charge in [0, 0.05) is 20.7 Å². The summed E-state index contributed by atoms with van der Waals surface area (Å²) in [5.41, 5.74) is 0. The first kappa shape index (κ1) is 15.4. The van der Waals surface area contributed by atoms with Gasteiger partial charge >= 0.3 is 0 Å². The Hall–Kier alpha value is -0.610. The highest BCUT2D eigenvalue weighted by Crippen LogP contribution is 2.09. The smallest absolute Gasteiger partial charge is 0.224 e. The van der Waals surface area contributed by atoms with Crippen molar-refractivity contribution in [2.75, 3.05) is 46.9 Å². The van der Waals surface area contributed by atoms with Crippen LogP contribution < -0.4 is 0 Å². The van der Waals surface area contributed by atoms with Gasteiger partial charge in [-0.25, -0.2) is 0 Å². The van der Waals surface area contributed by atoms with Crippen molar-refractivity contribution in [3.63, 3.8) is 0 Å². The van der Waals surface area contributed by atoms with Gasteiger partial charge in [0.15, 0.2) is 0 Å². The second-order valence-corrected chi connectivity index (χ2v) is 5.17. The minimum atomic E-state index is 0.188. The van der Waals surface area contributed by atoms with E-state index in [2.05, 4.69) is 4.90 Å². The van der Waals surface area contributed by atoms with E-state index >= 15 is 0 Å². The fourth-order valence-electron chi connectivity index (χ4n) is 2.40. The fraction of sp³-hybridized carbons (Fsp3) is 0.929. The highest BCUT2D eigenvalue weighted by atomic mass is 16.5. The lowest BCUT2D eigenvalue weighted by Gasteiger charge is -2.22. The standard InChI is InChI=1S/C14H28N2O2/c1-15(14(17)8-13-18-2)9-7-12-16-10-5-3-4-6-11-16/h3-13H2,1-2H3. The Labute approximate surface area is 111 Å². The van der Waals surface area contributed by atoms with Crippen LogP contribution in [0.5, 0.6) is 0 Å². The lowest BCUT2D eigenvalue weighted by molar-refractivity contribution is -0.130. The van der Waals surface area contributed by atoms with Crippen LogP contribution in [0.25, 0.3) is 0 Å². The van der Waals surface area contributed by atoms with E-state index in [-0.39, 0.29) is 5.91 Å². The summed E-state index contributed by atoms with van der Waals surface area (Å²) < 4.78 is 4.92. The lowest BCUT2D eigenvalue weighted by Crippen LogP contribution is -2.32. The van der Waals surface area contributed by atoms with Crippen molar-refractivity contribution in [3.8, 4) is 0 Å². The van der Waals surface area contributed by atoms with Crippen molar-refractivity contribution in [2.45, 2.75) is 38.5 Å². The molecule has 1 aliphatic rings. The van der Waals surface area contributed by atoms with Crippen LogP contribution in [0.3, 0.4) is 0 Å². The highest BCUT2D eigenvalue weighted by molar-refractivity contribution is 5.75. The maximum atomic E-state index is 11.7. The van der Waals surface area contributed by atoms with Crippen LogP contribution >= 0.6 is 0 Å². The molecule has 0 atom stereocenters. The molecule has 0 aromatic carbocycles. The van der Waals surface area contributed by atoms with Crippen LogP contribution in [0.15, 0.2) is 0 Å². The first-order chi connectivity index (χ1) is 8.74. The summed E-state index contributed by atoms with van der Waals surface area (Å²) >= 11 is 0. The summed E-state index contributed by atoms with van der Waals surface area (Å²) in [5.74, 6) is 0.188. The first-order valence-electron chi connectivity index (χ1n) is 7.19. The minimum Gasteiger partial charge on any atom is -0.384 e. The third kappa shape index (κ3) is 6.36. The van der Waals surface area contributed by atoms with Gasteiger partial charge in [-0.3, -0.25) is 4.79 Å². The molecule has 0 N–H and O–H groups in total. The molecule has 0 aliphatic carbocycles. The lowest BCUT2D eigenvalue weighted by atomic mass is 10.2. The van der Waals surface area contributed by atoms with E-state index in [9.17, 15) is 4.79 Å². The van der Waals surface area contributed by atoms with Gasteiger partial charge in [-0.05, 0) is 38.9 Å². The largest absolute Gasteiger partial charge is 0.384 e. The number of hydrogen-bond donors (Lipinski definition) is 0. The molecule has 0 saturated carbocycles. The van der Waals surface area contributed by atoms with Gasteiger partial charge in [0.25, 0.3) is 0 Å². The molecule has 106 valence electrons. The number of likely N-dealkylation sites (tertiary alicyclic amines) is 1. The van der Waals surface area contributed by atoms with E-state index in [1.165, 1.54) is 38.8 Å². The number of amides is 1. The summed E-state index contributed by atoms with van der Waals surface area (Å²) in [7, 11) is 3.52. The Morgan fingerprint density at radius 1 is 1.22 bits per heavy atom. The Morgan fingerprint density at radius 2 is 1.89 bits per heavy atom. The Bertz CT molecular complexity index is 226. The quantitative estimate of drug-likeness (QED) is 0.695. The summed E-state index contributed by atoms with van der Waals surface area (Å²) in [5, 5.41) is 0. The Balaban J connectivity index is 2.10. The van der Waals surface area contributed by atoms with E-state index in [4.69, 9.17) is 4.74 Å². The average molecular weight is 256 g/mol. The van der Waals surface area contributed by atoms with E-state index in [1.807, 2.05) is 11.9 Å². The third-order valence-corrected chi connectivity index (χ3v) is 3.61. The molecule has 0 radical (unpaired) electrons. The molecule has 0 unspecified atom stereocenters. The number of hydrogen-bond acceptors (Lipinski definition) is 3. The zero-order chi connectivity index (χ0) is 13.2. The van der Waals surface area contributed by atoms with Gasteiger partial charge in [-0.15, -0.1) is 0 Å². The molecule has 4 nitrogen and oxygen atoms in total. The first-order valence-corrected chi connectivity index (χ1v) is 7.19. The van der Waals surface area contributed by atoms with Crippen LogP contribution in [0, 0.1) is 0 Å². The van der Waals surface area contributed by atoms with Crippen LogP contribution in [-0.4, -0.2) is 62.7 Å². The molecule has 1 amide bonds. The SMILES string of the molecule is COCCC(=O)N(C)CCCN1CCCCCC1. The van der Waals surface area contributed by atoms with Crippen LogP contribution in [0.4, 0.5) is 0 Å². The average Bonchev–Trinajstić information content (AvgIpc) is 2.64. The summed E-state index contributed by atoms with van der Waals surface area (Å²) in [6.45, 7) is 4.99. The number of rotatable bonds is 7.